The maximum absolute atomic E-state index is 12.2. The minimum atomic E-state index is -6.05. The van der Waals surface area contributed by atoms with Gasteiger partial charge in [-0.15, -0.1) is 0 Å². The van der Waals surface area contributed by atoms with Gasteiger partial charge in [-0.25, -0.2) is 18.5 Å². The van der Waals surface area contributed by atoms with Crippen molar-refractivity contribution in [1.29, 1.82) is 0 Å². The van der Waals surface area contributed by atoms with Crippen molar-refractivity contribution >= 4 is 46.1 Å². The highest BCUT2D eigenvalue weighted by molar-refractivity contribution is 14.1. The molecular weight excluding hydrogens is 748 g/mol. The van der Waals surface area contributed by atoms with Gasteiger partial charge in [-0.3, -0.25) is 23.4 Å². The maximum atomic E-state index is 12.2. The van der Waals surface area contributed by atoms with Gasteiger partial charge in [-0.05, 0) is 22.6 Å². The second kappa shape index (κ2) is 13.2. The molecule has 1 aromatic heterocycles. The zero-order valence-corrected chi connectivity index (χ0v) is 24.7. The molecule has 26 heteroatoms. The van der Waals surface area contributed by atoms with Crippen LogP contribution in [0.25, 0.3) is 0 Å². The monoisotopic (exact) mass is 772 g/mol. The van der Waals surface area contributed by atoms with E-state index in [1.54, 1.807) is 22.6 Å². The third-order valence-corrected chi connectivity index (χ3v) is 10.5. The second-order valence-electron chi connectivity index (χ2n) is 8.36. The number of nitrogens with one attached hydrogen (secondary N) is 1. The van der Waals surface area contributed by atoms with Gasteiger partial charge in [0.15, 0.2) is 12.5 Å². The van der Waals surface area contributed by atoms with Crippen molar-refractivity contribution in [3.8, 4) is 0 Å². The fourth-order valence-electron chi connectivity index (χ4n) is 3.52. The molecule has 0 saturated carbocycles. The molecule has 12 atom stereocenters. The summed E-state index contributed by atoms with van der Waals surface area (Å²) >= 11 is 1.57. The Kier molecular flexibility index (Phi) is 11.3. The van der Waals surface area contributed by atoms with E-state index in [0.29, 0.717) is 4.57 Å². The number of rotatable bonds is 11. The topological polar surface area (TPSA) is 344 Å². The van der Waals surface area contributed by atoms with Gasteiger partial charge in [0.1, 0.15) is 42.7 Å². The van der Waals surface area contributed by atoms with Crippen molar-refractivity contribution in [2.75, 3.05) is 13.2 Å². The van der Waals surface area contributed by atoms with Crippen LogP contribution in [0.2, 0.25) is 0 Å². The number of hydrogen-bond acceptors (Lipinski definition) is 17. The van der Waals surface area contributed by atoms with Crippen molar-refractivity contribution in [2.24, 2.45) is 0 Å². The zero-order valence-electron chi connectivity index (χ0n) is 19.9. The van der Waals surface area contributed by atoms with E-state index in [1.165, 1.54) is 0 Å². The fourth-order valence-corrected chi connectivity index (χ4v) is 7.54. The van der Waals surface area contributed by atoms with Gasteiger partial charge < -0.3 is 54.8 Å². The van der Waals surface area contributed by atoms with E-state index in [2.05, 4.69) is 17.7 Å². The van der Waals surface area contributed by atoms with Gasteiger partial charge in [-0.1, -0.05) is 0 Å². The van der Waals surface area contributed by atoms with Gasteiger partial charge in [0.05, 0.1) is 16.8 Å². The first kappa shape index (κ1) is 35.0. The Morgan fingerprint density at radius 1 is 0.854 bits per heavy atom. The standard InChI is InChI=1S/C15H24IN2O20P3/c16-4-1-18(15(26)17-12(4)25)13-10(23)8(21)6(34-13)3-33-39(27,28)37-41(31,32)38-40(29,30)36-14-11(24)9(22)7(20)5(2-19)35-14/h1,5-11,13-14,19-24H,2-3H2,(H,27,28)(H,29,30)(H,31,32)(H,17,25,26)/t5-,6-,7-,8-,9+,10-,11-,13-,14-/m1/s1. The van der Waals surface area contributed by atoms with Crippen LogP contribution in [0, 0.1) is 3.57 Å². The fraction of sp³-hybridized carbons (Fsp3) is 0.733. The predicted octanol–water partition coefficient (Wildman–Crippen LogP) is -4.07. The average molecular weight is 772 g/mol. The summed E-state index contributed by atoms with van der Waals surface area (Å²) in [5.74, 6) is 0. The van der Waals surface area contributed by atoms with E-state index in [0.717, 1.165) is 6.20 Å². The first-order valence-electron chi connectivity index (χ1n) is 10.8. The Hall–Kier alpha value is -0.500. The number of ether oxygens (including phenoxy) is 2. The quantitative estimate of drug-likeness (QED) is 0.0755. The molecule has 2 saturated heterocycles. The lowest BCUT2D eigenvalue weighted by atomic mass is 10.00. The first-order valence-corrected chi connectivity index (χ1v) is 16.4. The van der Waals surface area contributed by atoms with Crippen molar-refractivity contribution < 1.29 is 86.2 Å². The van der Waals surface area contributed by atoms with Gasteiger partial charge in [0.2, 0.25) is 0 Å². The van der Waals surface area contributed by atoms with Crippen LogP contribution in [-0.4, -0.2) is 117 Å². The SMILES string of the molecule is O=c1[nH]c(=O)n([C@@H]2O[C@H](COP(=O)(O)OP(=O)(O)OP(=O)(O)O[C@H]3O[C@H](CO)[C@@H](O)[C@H](O)[C@H]3O)[C@@H](O)[C@H]2O)cc1I. The molecule has 0 radical (unpaired) electrons. The lowest BCUT2D eigenvalue weighted by molar-refractivity contribution is -0.280. The Morgan fingerprint density at radius 3 is 2.05 bits per heavy atom. The summed E-state index contributed by atoms with van der Waals surface area (Å²) < 4.78 is 63.7. The van der Waals surface area contributed by atoms with Gasteiger partial charge in [-0.2, -0.15) is 8.62 Å². The summed E-state index contributed by atoms with van der Waals surface area (Å²) in [5.41, 5.74) is -1.79. The Bertz CT molecular complexity index is 1350. The van der Waals surface area contributed by atoms with E-state index in [9.17, 15) is 63.5 Å². The number of H-pyrrole nitrogens is 1. The second-order valence-corrected chi connectivity index (χ2v) is 14.1. The molecular formula is C15H24IN2O20P3. The Balaban J connectivity index is 1.61. The zero-order chi connectivity index (χ0) is 31.1. The molecule has 0 aromatic carbocycles. The molecule has 1 aromatic rings. The van der Waals surface area contributed by atoms with Gasteiger partial charge >= 0.3 is 29.2 Å². The summed E-state index contributed by atoms with van der Waals surface area (Å²) in [7, 11) is -17.6. The van der Waals surface area contributed by atoms with E-state index in [-0.39, 0.29) is 3.57 Å². The molecule has 10 N–H and O–H groups in total. The minimum absolute atomic E-state index is 0.00385. The van der Waals surface area contributed by atoms with Crippen LogP contribution in [0.5, 0.6) is 0 Å². The third-order valence-electron chi connectivity index (χ3n) is 5.44. The lowest BCUT2D eigenvalue weighted by Gasteiger charge is -2.39. The number of halogens is 1. The highest BCUT2D eigenvalue weighted by atomic mass is 127. The molecule has 22 nitrogen and oxygen atoms in total. The van der Waals surface area contributed by atoms with Crippen LogP contribution in [0.4, 0.5) is 0 Å². The van der Waals surface area contributed by atoms with Crippen molar-refractivity contribution in [1.82, 2.24) is 9.55 Å². The van der Waals surface area contributed by atoms with Crippen LogP contribution in [-0.2, 0) is 40.8 Å². The number of nitrogens with zero attached hydrogens (tertiary/aromatic N) is 1. The van der Waals surface area contributed by atoms with Crippen LogP contribution >= 0.6 is 46.1 Å². The smallest absolute Gasteiger partial charge is 0.394 e. The molecule has 2 aliphatic heterocycles. The molecule has 0 amide bonds. The first-order chi connectivity index (χ1) is 18.8. The summed E-state index contributed by atoms with van der Waals surface area (Å²) in [6.45, 7) is -2.11. The normalized spacial score (nSPS) is 36.8. The highest BCUT2D eigenvalue weighted by Crippen LogP contribution is 2.68. The van der Waals surface area contributed by atoms with Crippen molar-refractivity contribution in [2.45, 2.75) is 55.2 Å². The van der Waals surface area contributed by atoms with E-state index >= 15 is 0 Å². The molecule has 0 bridgehead atoms. The molecule has 3 unspecified atom stereocenters. The molecule has 3 rings (SSSR count). The summed E-state index contributed by atoms with van der Waals surface area (Å²) in [6.07, 6.45) is -16.2. The van der Waals surface area contributed by atoms with Gasteiger partial charge in [0, 0.05) is 6.20 Å². The maximum Gasteiger partial charge on any atom is 0.490 e. The van der Waals surface area contributed by atoms with Gasteiger partial charge in [0.25, 0.3) is 5.56 Å². The molecule has 41 heavy (non-hydrogen) atoms. The summed E-state index contributed by atoms with van der Waals surface area (Å²) in [6, 6.07) is 0. The predicted molar refractivity (Wildman–Crippen MR) is 132 cm³/mol. The molecule has 0 aliphatic carbocycles. The number of aromatic amines is 1. The van der Waals surface area contributed by atoms with Crippen LogP contribution in [0.1, 0.15) is 6.23 Å². The third kappa shape index (κ3) is 8.57. The lowest BCUT2D eigenvalue weighted by Crippen LogP contribution is -2.58. The summed E-state index contributed by atoms with van der Waals surface area (Å²) in [4.78, 5) is 54.7. The van der Waals surface area contributed by atoms with Crippen LogP contribution in [0.3, 0.4) is 0 Å². The van der Waals surface area contributed by atoms with Crippen LogP contribution in [0.15, 0.2) is 15.8 Å². The molecule has 3 heterocycles. The summed E-state index contributed by atoms with van der Waals surface area (Å²) in [5, 5.41) is 58.7. The number of aliphatic hydroxyl groups is 6. The molecule has 2 fully saturated rings. The van der Waals surface area contributed by atoms with E-state index in [4.69, 9.17) is 14.6 Å². The average Bonchev–Trinajstić information content (AvgIpc) is 3.12. The highest BCUT2D eigenvalue weighted by Gasteiger charge is 2.50. The number of hydrogen-bond donors (Lipinski definition) is 10. The Labute approximate surface area is 240 Å². The van der Waals surface area contributed by atoms with E-state index < -0.39 is 103 Å². The number of aliphatic hydroxyl groups excluding tert-OH is 6. The Morgan fingerprint density at radius 2 is 1.44 bits per heavy atom. The number of phosphoric acid groups is 3. The van der Waals surface area contributed by atoms with E-state index in [1.807, 2.05) is 4.98 Å². The molecule has 0 spiro atoms. The minimum Gasteiger partial charge on any atom is -0.394 e. The van der Waals surface area contributed by atoms with Crippen LogP contribution < -0.4 is 11.2 Å². The largest absolute Gasteiger partial charge is 0.490 e. The molecule has 236 valence electrons. The molecule has 2 aliphatic rings. The number of aromatic nitrogens is 2. The van der Waals surface area contributed by atoms with Crippen molar-refractivity contribution in [3.63, 3.8) is 0 Å². The van der Waals surface area contributed by atoms with Crippen molar-refractivity contribution in [3.05, 3.63) is 30.6 Å². The number of phosphoric ester groups is 2.